The highest BCUT2D eigenvalue weighted by atomic mass is 19.3. The number of hydrogen-bond acceptors (Lipinski definition) is 1. The van der Waals surface area contributed by atoms with Crippen LogP contribution in [0.4, 0.5) is 8.78 Å². The van der Waals surface area contributed by atoms with Crippen molar-refractivity contribution in [2.75, 3.05) is 6.54 Å². The van der Waals surface area contributed by atoms with E-state index in [1.165, 1.54) is 12.8 Å². The van der Waals surface area contributed by atoms with Crippen molar-refractivity contribution >= 4 is 0 Å². The molecule has 0 saturated heterocycles. The Morgan fingerprint density at radius 1 is 1.27 bits per heavy atom. The summed E-state index contributed by atoms with van der Waals surface area (Å²) in [5.74, 6) is -1.56. The minimum Gasteiger partial charge on any atom is -0.313 e. The molecule has 2 aliphatic rings. The molecule has 0 heterocycles. The van der Waals surface area contributed by atoms with Crippen molar-refractivity contribution in [2.45, 2.75) is 37.6 Å². The molecule has 0 radical (unpaired) electrons. The van der Waals surface area contributed by atoms with Crippen molar-refractivity contribution in [3.63, 3.8) is 0 Å². The molecule has 0 aromatic heterocycles. The first kappa shape index (κ1) is 7.47. The molecule has 0 atom stereocenters. The molecule has 1 N–H and O–H groups in total. The third kappa shape index (κ3) is 1.89. The Labute approximate surface area is 65.2 Å². The van der Waals surface area contributed by atoms with Crippen molar-refractivity contribution in [1.29, 1.82) is 0 Å². The first-order valence-corrected chi connectivity index (χ1v) is 4.27. The number of rotatable bonds is 3. The van der Waals surface area contributed by atoms with Gasteiger partial charge in [0.2, 0.25) is 0 Å². The van der Waals surface area contributed by atoms with Gasteiger partial charge in [0.1, 0.15) is 0 Å². The molecule has 11 heavy (non-hydrogen) atoms. The third-order valence-corrected chi connectivity index (χ3v) is 2.48. The molecule has 2 saturated carbocycles. The smallest absolute Gasteiger partial charge is 0.251 e. The molecule has 0 spiro atoms. The zero-order valence-corrected chi connectivity index (χ0v) is 6.45. The van der Waals surface area contributed by atoms with Crippen LogP contribution in [0, 0.1) is 5.92 Å². The van der Waals surface area contributed by atoms with Crippen molar-refractivity contribution in [3.05, 3.63) is 0 Å². The summed E-state index contributed by atoms with van der Waals surface area (Å²) < 4.78 is 24.6. The number of hydrogen-bond donors (Lipinski definition) is 1. The Kier molecular flexibility index (Phi) is 1.63. The predicted octanol–water partition coefficient (Wildman–Crippen LogP) is 1.78. The lowest BCUT2D eigenvalue weighted by atomic mass is 9.88. The molecular weight excluding hydrogens is 148 g/mol. The largest absolute Gasteiger partial charge is 0.313 e. The summed E-state index contributed by atoms with van der Waals surface area (Å²) in [5, 5.41) is 3.16. The minimum atomic E-state index is -2.36. The van der Waals surface area contributed by atoms with Gasteiger partial charge in [-0.2, -0.15) is 0 Å². The molecule has 0 aromatic carbocycles. The molecule has 0 aliphatic heterocycles. The molecule has 0 unspecified atom stereocenters. The van der Waals surface area contributed by atoms with Gasteiger partial charge in [0.15, 0.2) is 0 Å². The number of halogens is 2. The minimum absolute atomic E-state index is 0.0553. The summed E-state index contributed by atoms with van der Waals surface area (Å²) in [7, 11) is 0. The van der Waals surface area contributed by atoms with E-state index in [0.717, 1.165) is 12.5 Å². The summed E-state index contributed by atoms with van der Waals surface area (Å²) in [6, 6.07) is 0.102. The van der Waals surface area contributed by atoms with E-state index in [1.807, 2.05) is 0 Å². The second kappa shape index (κ2) is 2.41. The lowest BCUT2D eigenvalue weighted by molar-refractivity contribution is -0.0927. The van der Waals surface area contributed by atoms with Gasteiger partial charge in [-0.1, -0.05) is 0 Å². The first-order chi connectivity index (χ1) is 5.16. The van der Waals surface area contributed by atoms with Crippen LogP contribution in [0.2, 0.25) is 0 Å². The van der Waals surface area contributed by atoms with Gasteiger partial charge in [-0.05, 0) is 25.3 Å². The highest BCUT2D eigenvalue weighted by Gasteiger charge is 2.45. The molecule has 0 aromatic rings. The maximum atomic E-state index is 12.3. The molecule has 0 bridgehead atoms. The Balaban J connectivity index is 1.59. The monoisotopic (exact) mass is 161 g/mol. The fourth-order valence-corrected chi connectivity index (χ4v) is 1.46. The van der Waals surface area contributed by atoms with E-state index in [0.29, 0.717) is 0 Å². The second-order valence-corrected chi connectivity index (χ2v) is 3.81. The van der Waals surface area contributed by atoms with Crippen molar-refractivity contribution in [1.82, 2.24) is 5.32 Å². The van der Waals surface area contributed by atoms with Gasteiger partial charge in [-0.15, -0.1) is 0 Å². The fraction of sp³-hybridized carbons (Fsp3) is 1.00. The molecule has 2 aliphatic carbocycles. The molecule has 2 rings (SSSR count). The molecule has 64 valence electrons. The topological polar surface area (TPSA) is 12.0 Å². The van der Waals surface area contributed by atoms with Crippen molar-refractivity contribution in [3.8, 4) is 0 Å². The summed E-state index contributed by atoms with van der Waals surface area (Å²) >= 11 is 0. The van der Waals surface area contributed by atoms with Crippen LogP contribution in [0.25, 0.3) is 0 Å². The van der Waals surface area contributed by atoms with Crippen LogP contribution >= 0.6 is 0 Å². The second-order valence-electron chi connectivity index (χ2n) is 3.81. The van der Waals surface area contributed by atoms with E-state index in [-0.39, 0.29) is 18.9 Å². The van der Waals surface area contributed by atoms with E-state index in [9.17, 15) is 8.78 Å². The predicted molar refractivity (Wildman–Crippen MR) is 38.7 cm³/mol. The van der Waals surface area contributed by atoms with Crippen LogP contribution in [0.15, 0.2) is 0 Å². The normalized spacial score (nSPS) is 30.0. The van der Waals surface area contributed by atoms with Crippen LogP contribution in [-0.2, 0) is 0 Å². The fourth-order valence-electron chi connectivity index (χ4n) is 1.46. The molecule has 2 fully saturated rings. The third-order valence-electron chi connectivity index (χ3n) is 2.48. The maximum absolute atomic E-state index is 12.3. The SMILES string of the molecule is FC1(F)CC(NCC2CC2)C1. The van der Waals surface area contributed by atoms with E-state index in [4.69, 9.17) is 0 Å². The van der Waals surface area contributed by atoms with Gasteiger partial charge < -0.3 is 5.32 Å². The summed E-state index contributed by atoms with van der Waals surface area (Å²) in [5.41, 5.74) is 0. The van der Waals surface area contributed by atoms with Crippen molar-refractivity contribution in [2.24, 2.45) is 5.92 Å². The van der Waals surface area contributed by atoms with E-state index >= 15 is 0 Å². The van der Waals surface area contributed by atoms with Crippen molar-refractivity contribution < 1.29 is 8.78 Å². The highest BCUT2D eigenvalue weighted by molar-refractivity contribution is 4.92. The summed E-state index contributed by atoms with van der Waals surface area (Å²) in [6.45, 7) is 0.959. The average molecular weight is 161 g/mol. The van der Waals surface area contributed by atoms with E-state index in [2.05, 4.69) is 5.32 Å². The number of alkyl halides is 2. The standard InChI is InChI=1S/C8H13F2N/c9-8(10)3-7(4-8)11-5-6-1-2-6/h6-7,11H,1-5H2. The highest BCUT2D eigenvalue weighted by Crippen LogP contribution is 2.38. The quantitative estimate of drug-likeness (QED) is 0.665. The first-order valence-electron chi connectivity index (χ1n) is 4.27. The van der Waals surface area contributed by atoms with Gasteiger partial charge >= 0.3 is 0 Å². The number of nitrogens with one attached hydrogen (secondary N) is 1. The van der Waals surface area contributed by atoms with E-state index < -0.39 is 5.92 Å². The van der Waals surface area contributed by atoms with Gasteiger partial charge in [0, 0.05) is 18.9 Å². The summed E-state index contributed by atoms with van der Waals surface area (Å²) in [6.07, 6.45) is 2.69. The van der Waals surface area contributed by atoms with Gasteiger partial charge in [-0.3, -0.25) is 0 Å². The summed E-state index contributed by atoms with van der Waals surface area (Å²) in [4.78, 5) is 0. The van der Waals surface area contributed by atoms with Crippen LogP contribution < -0.4 is 5.32 Å². The Bertz CT molecular complexity index is 146. The Morgan fingerprint density at radius 3 is 2.36 bits per heavy atom. The Morgan fingerprint density at radius 2 is 1.91 bits per heavy atom. The molecule has 0 amide bonds. The van der Waals surface area contributed by atoms with E-state index in [1.54, 1.807) is 0 Å². The van der Waals surface area contributed by atoms with Gasteiger partial charge in [0.25, 0.3) is 5.92 Å². The van der Waals surface area contributed by atoms with Gasteiger partial charge in [-0.25, -0.2) is 8.78 Å². The van der Waals surface area contributed by atoms with Crippen LogP contribution in [0.5, 0.6) is 0 Å². The zero-order chi connectivity index (χ0) is 7.90. The van der Waals surface area contributed by atoms with Crippen LogP contribution in [0.1, 0.15) is 25.7 Å². The Hall–Kier alpha value is -0.180. The molecular formula is C8H13F2N. The maximum Gasteiger partial charge on any atom is 0.251 e. The average Bonchev–Trinajstić information content (AvgIpc) is 2.60. The lowest BCUT2D eigenvalue weighted by Gasteiger charge is -2.35. The van der Waals surface area contributed by atoms with Crippen LogP contribution in [0.3, 0.4) is 0 Å². The van der Waals surface area contributed by atoms with Crippen LogP contribution in [-0.4, -0.2) is 18.5 Å². The lowest BCUT2D eigenvalue weighted by Crippen LogP contribution is -2.48. The van der Waals surface area contributed by atoms with Gasteiger partial charge in [0.05, 0.1) is 0 Å². The molecule has 3 heteroatoms. The zero-order valence-electron chi connectivity index (χ0n) is 6.45. The molecule has 1 nitrogen and oxygen atoms in total.